The molecule has 4 rings (SSSR count). The third kappa shape index (κ3) is 1.95. The molecule has 8 nitrogen and oxygen atoms in total. The zero-order chi connectivity index (χ0) is 16.0. The molecule has 4 aromatic rings. The van der Waals surface area contributed by atoms with E-state index in [1.165, 1.54) is 11.0 Å². The van der Waals surface area contributed by atoms with Gasteiger partial charge in [-0.2, -0.15) is 5.10 Å². The second kappa shape index (κ2) is 5.03. The van der Waals surface area contributed by atoms with Gasteiger partial charge < -0.3 is 15.5 Å². The number of halogens is 1. The van der Waals surface area contributed by atoms with Crippen LogP contribution in [0.2, 0.25) is 5.02 Å². The van der Waals surface area contributed by atoms with Crippen LogP contribution in [-0.4, -0.2) is 36.0 Å². The molecule has 0 spiro atoms. The maximum absolute atomic E-state index is 10.9. The fourth-order valence-corrected chi connectivity index (χ4v) is 2.85. The molecule has 4 heterocycles. The minimum Gasteiger partial charge on any atom is -0.383 e. The van der Waals surface area contributed by atoms with Gasteiger partial charge in [-0.25, -0.2) is 19.6 Å². The number of nitrogens with one attached hydrogen (secondary N) is 1. The zero-order valence-corrected chi connectivity index (χ0v) is 12.4. The number of nitrogen functional groups attached to an aromatic ring is 1. The predicted octanol–water partition coefficient (Wildman–Crippen LogP) is 1.80. The van der Waals surface area contributed by atoms with E-state index >= 15 is 0 Å². The van der Waals surface area contributed by atoms with Crippen molar-refractivity contribution in [2.24, 2.45) is 0 Å². The summed E-state index contributed by atoms with van der Waals surface area (Å²) < 4.78 is 1.46. The molecule has 0 saturated carbocycles. The molecule has 23 heavy (non-hydrogen) atoms. The number of pyridine rings is 1. The fraction of sp³-hybridized carbons (Fsp3) is 0.0714. The quantitative estimate of drug-likeness (QED) is 0.554. The summed E-state index contributed by atoms with van der Waals surface area (Å²) in [7, 11) is 0. The van der Waals surface area contributed by atoms with Crippen molar-refractivity contribution in [2.45, 2.75) is 6.54 Å². The molecule has 0 unspecified atom stereocenters. The third-order valence-corrected chi connectivity index (χ3v) is 3.94. The van der Waals surface area contributed by atoms with Gasteiger partial charge in [0.2, 0.25) is 0 Å². The van der Waals surface area contributed by atoms with Crippen molar-refractivity contribution in [3.8, 4) is 11.4 Å². The topological polar surface area (TPSA) is 115 Å². The summed E-state index contributed by atoms with van der Waals surface area (Å²) >= 11 is 6.46. The highest BCUT2D eigenvalue weighted by Crippen LogP contribution is 2.37. The highest BCUT2D eigenvalue weighted by molar-refractivity contribution is 6.38. The Morgan fingerprint density at radius 3 is 3.00 bits per heavy atom. The van der Waals surface area contributed by atoms with E-state index in [1.807, 2.05) is 6.07 Å². The Bertz CT molecular complexity index is 1050. The van der Waals surface area contributed by atoms with Crippen molar-refractivity contribution in [1.82, 2.24) is 29.7 Å². The number of anilines is 1. The highest BCUT2D eigenvalue weighted by atomic mass is 35.5. The molecule has 3 N–H and O–H groups in total. The number of nitrogens with zero attached hydrogens (tertiary/aromatic N) is 5. The molecule has 0 aromatic carbocycles. The van der Waals surface area contributed by atoms with Gasteiger partial charge in [-0.05, 0) is 12.1 Å². The number of nitrogens with two attached hydrogens (primary N) is 1. The second-order valence-electron chi connectivity index (χ2n) is 4.87. The Labute approximate surface area is 134 Å². The third-order valence-electron chi connectivity index (χ3n) is 3.55. The second-order valence-corrected chi connectivity index (χ2v) is 5.25. The number of hydrogen-bond donors (Lipinski definition) is 2. The molecule has 0 aliphatic rings. The minimum atomic E-state index is 0.0586. The molecule has 0 radical (unpaired) electrons. The highest BCUT2D eigenvalue weighted by Gasteiger charge is 2.21. The fourth-order valence-electron chi connectivity index (χ4n) is 2.56. The number of hydrogen-bond acceptors (Lipinski definition) is 6. The monoisotopic (exact) mass is 327 g/mol. The number of carbonyl (C=O) groups excluding carboxylic acids is 1. The van der Waals surface area contributed by atoms with Crippen LogP contribution in [0.3, 0.4) is 0 Å². The average Bonchev–Trinajstić information content (AvgIpc) is 3.08. The molecular weight excluding hydrogens is 318 g/mol. The van der Waals surface area contributed by atoms with Crippen molar-refractivity contribution in [3.05, 3.63) is 29.7 Å². The van der Waals surface area contributed by atoms with Gasteiger partial charge in [0.05, 0.1) is 22.6 Å². The van der Waals surface area contributed by atoms with Crippen LogP contribution in [0.25, 0.3) is 33.5 Å². The summed E-state index contributed by atoms with van der Waals surface area (Å²) in [6.45, 7) is 0.0586. The molecule has 9 heteroatoms. The SMILES string of the molecule is Nc1ncnc2c1c(-c1[nH]c3ncccc3c1Cl)nn2CC=O. The van der Waals surface area contributed by atoms with Crippen LogP contribution < -0.4 is 5.73 Å². The first kappa shape index (κ1) is 13.6. The predicted molar refractivity (Wildman–Crippen MR) is 85.9 cm³/mol. The Morgan fingerprint density at radius 1 is 1.35 bits per heavy atom. The normalized spacial score (nSPS) is 11.3. The molecular formula is C14H10ClN7O. The first-order valence-electron chi connectivity index (χ1n) is 6.74. The van der Waals surface area contributed by atoms with Gasteiger partial charge in [0.15, 0.2) is 5.65 Å². The van der Waals surface area contributed by atoms with E-state index in [2.05, 4.69) is 25.0 Å². The van der Waals surface area contributed by atoms with Gasteiger partial charge in [0, 0.05) is 11.6 Å². The maximum atomic E-state index is 10.9. The summed E-state index contributed by atoms with van der Waals surface area (Å²) in [6, 6.07) is 3.65. The van der Waals surface area contributed by atoms with Crippen molar-refractivity contribution < 1.29 is 4.79 Å². The van der Waals surface area contributed by atoms with Crippen LogP contribution in [0.4, 0.5) is 5.82 Å². The Balaban J connectivity index is 2.08. The van der Waals surface area contributed by atoms with Crippen LogP contribution in [-0.2, 0) is 11.3 Å². The number of aromatic amines is 1. The van der Waals surface area contributed by atoms with Crippen molar-refractivity contribution in [2.75, 3.05) is 5.73 Å². The van der Waals surface area contributed by atoms with E-state index in [9.17, 15) is 4.79 Å². The van der Waals surface area contributed by atoms with Crippen LogP contribution in [0.1, 0.15) is 0 Å². The zero-order valence-electron chi connectivity index (χ0n) is 11.7. The molecule has 0 saturated heterocycles. The van der Waals surface area contributed by atoms with Crippen LogP contribution in [0.5, 0.6) is 0 Å². The molecule has 0 aliphatic carbocycles. The average molecular weight is 328 g/mol. The van der Waals surface area contributed by atoms with E-state index in [1.54, 1.807) is 12.3 Å². The summed E-state index contributed by atoms with van der Waals surface area (Å²) in [4.78, 5) is 26.4. The lowest BCUT2D eigenvalue weighted by molar-refractivity contribution is -0.108. The van der Waals surface area contributed by atoms with E-state index in [4.69, 9.17) is 17.3 Å². The Hall–Kier alpha value is -3.00. The molecule has 0 aliphatic heterocycles. The largest absolute Gasteiger partial charge is 0.383 e. The van der Waals surface area contributed by atoms with E-state index < -0.39 is 0 Å². The summed E-state index contributed by atoms with van der Waals surface area (Å²) in [5.41, 5.74) is 8.15. The van der Waals surface area contributed by atoms with E-state index in [0.717, 1.165) is 11.7 Å². The summed E-state index contributed by atoms with van der Waals surface area (Å²) in [6.07, 6.45) is 3.74. The first-order chi connectivity index (χ1) is 11.2. The number of rotatable bonds is 3. The number of fused-ring (bicyclic) bond motifs is 2. The van der Waals surface area contributed by atoms with Gasteiger partial charge in [-0.1, -0.05) is 11.6 Å². The van der Waals surface area contributed by atoms with Gasteiger partial charge in [-0.15, -0.1) is 0 Å². The molecule has 114 valence electrons. The van der Waals surface area contributed by atoms with Gasteiger partial charge in [0.1, 0.15) is 29.8 Å². The van der Waals surface area contributed by atoms with Gasteiger partial charge in [0.25, 0.3) is 0 Å². The Kier molecular flexibility index (Phi) is 2.98. The van der Waals surface area contributed by atoms with Gasteiger partial charge in [-0.3, -0.25) is 0 Å². The molecule has 0 bridgehead atoms. The summed E-state index contributed by atoms with van der Waals surface area (Å²) in [5, 5.41) is 6.23. The lowest BCUT2D eigenvalue weighted by Gasteiger charge is -1.97. The molecule has 0 fully saturated rings. The van der Waals surface area contributed by atoms with Crippen LogP contribution >= 0.6 is 11.6 Å². The first-order valence-corrected chi connectivity index (χ1v) is 7.11. The van der Waals surface area contributed by atoms with E-state index in [-0.39, 0.29) is 12.4 Å². The minimum absolute atomic E-state index is 0.0586. The lowest BCUT2D eigenvalue weighted by Crippen LogP contribution is -2.02. The molecule has 0 amide bonds. The van der Waals surface area contributed by atoms with E-state index in [0.29, 0.717) is 33.1 Å². The van der Waals surface area contributed by atoms with Gasteiger partial charge >= 0.3 is 0 Å². The molecule has 4 aromatic heterocycles. The van der Waals surface area contributed by atoms with Crippen molar-refractivity contribution in [3.63, 3.8) is 0 Å². The van der Waals surface area contributed by atoms with Crippen molar-refractivity contribution in [1.29, 1.82) is 0 Å². The number of H-pyrrole nitrogens is 1. The maximum Gasteiger partial charge on any atom is 0.164 e. The van der Waals surface area contributed by atoms with Crippen molar-refractivity contribution >= 4 is 45.8 Å². The molecule has 0 atom stereocenters. The lowest BCUT2D eigenvalue weighted by atomic mass is 10.2. The Morgan fingerprint density at radius 2 is 2.22 bits per heavy atom. The standard InChI is InChI=1S/C14H10ClN7O/c15-9-7-2-1-3-17-13(7)20-11(9)10-8-12(16)18-6-19-14(8)22(21-10)4-5-23/h1-3,5-6H,4H2,(H,17,20)(H2,16,18,19). The number of carbonyl (C=O) groups is 1. The number of aromatic nitrogens is 6. The summed E-state index contributed by atoms with van der Waals surface area (Å²) in [5.74, 6) is 0.268. The number of aldehydes is 1. The van der Waals surface area contributed by atoms with Crippen LogP contribution in [0, 0.1) is 0 Å². The smallest absolute Gasteiger partial charge is 0.164 e. The van der Waals surface area contributed by atoms with Crippen LogP contribution in [0.15, 0.2) is 24.7 Å².